The Bertz CT molecular complexity index is 535. The third-order valence-electron chi connectivity index (χ3n) is 2.30. The molecule has 1 N–H and O–H groups in total. The molecule has 0 spiro atoms. The highest BCUT2D eigenvalue weighted by Gasteiger charge is 2.16. The lowest BCUT2D eigenvalue weighted by atomic mass is 10.2. The van der Waals surface area contributed by atoms with Crippen LogP contribution < -0.4 is 9.47 Å². The van der Waals surface area contributed by atoms with E-state index in [0.29, 0.717) is 11.3 Å². The molecular formula is C12H11NO5. The minimum absolute atomic E-state index is 0.0470. The van der Waals surface area contributed by atoms with E-state index in [1.54, 1.807) is 12.1 Å². The van der Waals surface area contributed by atoms with Gasteiger partial charge in [-0.25, -0.2) is 4.79 Å². The summed E-state index contributed by atoms with van der Waals surface area (Å²) in [5.41, 5.74) is 0.753. The number of para-hydroxylation sites is 1. The molecule has 1 aromatic carbocycles. The molecular weight excluding hydrogens is 238 g/mol. The normalized spacial score (nSPS) is 10.1. The van der Waals surface area contributed by atoms with Crippen molar-refractivity contribution < 1.29 is 23.9 Å². The average molecular weight is 249 g/mol. The van der Waals surface area contributed by atoms with Crippen molar-refractivity contribution in [2.75, 3.05) is 7.11 Å². The van der Waals surface area contributed by atoms with Gasteiger partial charge in [-0.15, -0.1) is 0 Å². The summed E-state index contributed by atoms with van der Waals surface area (Å²) in [4.78, 5) is 11.1. The van der Waals surface area contributed by atoms with Gasteiger partial charge in [-0.05, 0) is 12.1 Å². The first-order valence-electron chi connectivity index (χ1n) is 5.13. The standard InChI is InChI=1S/C12H11NO5/c1-16-10-4-2-3-9(12(14)15)11(10)17-6-8-5-13-18-7-8/h2-5,7H,6H2,1H3,(H,14,15). The van der Waals surface area contributed by atoms with Crippen molar-refractivity contribution in [3.05, 3.63) is 41.8 Å². The molecule has 0 fully saturated rings. The molecule has 0 aliphatic heterocycles. The van der Waals surface area contributed by atoms with E-state index in [-0.39, 0.29) is 17.9 Å². The number of hydrogen-bond acceptors (Lipinski definition) is 5. The molecule has 0 unspecified atom stereocenters. The number of benzene rings is 1. The van der Waals surface area contributed by atoms with Crippen molar-refractivity contribution in [3.63, 3.8) is 0 Å². The summed E-state index contributed by atoms with van der Waals surface area (Å²) in [7, 11) is 1.45. The number of aromatic carboxylic acids is 1. The molecule has 1 heterocycles. The summed E-state index contributed by atoms with van der Waals surface area (Å²) in [6.45, 7) is 0.157. The fraction of sp³-hybridized carbons (Fsp3) is 0.167. The third kappa shape index (κ3) is 2.42. The van der Waals surface area contributed by atoms with E-state index in [4.69, 9.17) is 14.6 Å². The first-order valence-corrected chi connectivity index (χ1v) is 5.13. The quantitative estimate of drug-likeness (QED) is 0.872. The monoisotopic (exact) mass is 249 g/mol. The summed E-state index contributed by atoms with van der Waals surface area (Å²) in [6, 6.07) is 4.68. The number of nitrogens with zero attached hydrogens (tertiary/aromatic N) is 1. The number of carboxylic acids is 1. The zero-order valence-corrected chi connectivity index (χ0v) is 9.62. The molecule has 2 rings (SSSR count). The van der Waals surface area contributed by atoms with Crippen molar-refractivity contribution in [1.82, 2.24) is 5.16 Å². The van der Waals surface area contributed by atoms with Crippen LogP contribution in [0.4, 0.5) is 0 Å². The second-order valence-electron chi connectivity index (χ2n) is 3.46. The maximum absolute atomic E-state index is 11.1. The molecule has 0 saturated heterocycles. The topological polar surface area (TPSA) is 81.8 Å². The number of rotatable bonds is 5. The first kappa shape index (κ1) is 12.0. The van der Waals surface area contributed by atoms with Crippen LogP contribution in [0.25, 0.3) is 0 Å². The second kappa shape index (κ2) is 5.22. The molecule has 2 aromatic rings. The van der Waals surface area contributed by atoms with Gasteiger partial charge in [0.05, 0.1) is 13.3 Å². The maximum Gasteiger partial charge on any atom is 0.339 e. The fourth-order valence-electron chi connectivity index (χ4n) is 1.45. The number of aromatic nitrogens is 1. The van der Waals surface area contributed by atoms with E-state index in [9.17, 15) is 4.79 Å². The number of hydrogen-bond donors (Lipinski definition) is 1. The summed E-state index contributed by atoms with van der Waals surface area (Å²) in [5.74, 6) is -0.519. The minimum Gasteiger partial charge on any atom is -0.493 e. The van der Waals surface area contributed by atoms with E-state index >= 15 is 0 Å². The molecule has 0 aliphatic carbocycles. The van der Waals surface area contributed by atoms with Crippen molar-refractivity contribution in [2.24, 2.45) is 0 Å². The molecule has 0 radical (unpaired) electrons. The van der Waals surface area contributed by atoms with Crippen molar-refractivity contribution >= 4 is 5.97 Å². The van der Waals surface area contributed by atoms with Gasteiger partial charge >= 0.3 is 5.97 Å². The van der Waals surface area contributed by atoms with Crippen LogP contribution in [0, 0.1) is 0 Å². The Morgan fingerprint density at radius 1 is 1.50 bits per heavy atom. The van der Waals surface area contributed by atoms with Crippen LogP contribution in [-0.4, -0.2) is 23.3 Å². The minimum atomic E-state index is -1.07. The molecule has 1 aromatic heterocycles. The highest BCUT2D eigenvalue weighted by Crippen LogP contribution is 2.31. The summed E-state index contributed by atoms with van der Waals surface area (Å²) < 4.78 is 15.2. The number of carboxylic acid groups (broad SMARTS) is 1. The molecule has 0 bridgehead atoms. The zero-order chi connectivity index (χ0) is 13.0. The van der Waals surface area contributed by atoms with Gasteiger partial charge < -0.3 is 19.1 Å². The fourth-order valence-corrected chi connectivity index (χ4v) is 1.45. The van der Waals surface area contributed by atoms with E-state index in [1.165, 1.54) is 25.6 Å². The van der Waals surface area contributed by atoms with Gasteiger partial charge in [-0.1, -0.05) is 11.2 Å². The van der Waals surface area contributed by atoms with Crippen LogP contribution >= 0.6 is 0 Å². The van der Waals surface area contributed by atoms with Crippen molar-refractivity contribution in [1.29, 1.82) is 0 Å². The highest BCUT2D eigenvalue weighted by atomic mass is 16.5. The number of ether oxygens (including phenoxy) is 2. The van der Waals surface area contributed by atoms with Gasteiger partial charge in [-0.3, -0.25) is 0 Å². The second-order valence-corrected chi connectivity index (χ2v) is 3.46. The third-order valence-corrected chi connectivity index (χ3v) is 2.30. The van der Waals surface area contributed by atoms with Gasteiger partial charge in [0.2, 0.25) is 0 Å². The van der Waals surface area contributed by atoms with E-state index < -0.39 is 5.97 Å². The van der Waals surface area contributed by atoms with Gasteiger partial charge in [0.1, 0.15) is 18.4 Å². The van der Waals surface area contributed by atoms with Gasteiger partial charge in [0.25, 0.3) is 0 Å². The molecule has 6 heteroatoms. The van der Waals surface area contributed by atoms with Crippen molar-refractivity contribution in [2.45, 2.75) is 6.61 Å². The van der Waals surface area contributed by atoms with Crippen LogP contribution in [0.15, 0.2) is 35.2 Å². The Morgan fingerprint density at radius 3 is 2.94 bits per heavy atom. The Hall–Kier alpha value is -2.50. The molecule has 6 nitrogen and oxygen atoms in total. The molecule has 0 atom stereocenters. The Kier molecular flexibility index (Phi) is 3.47. The number of carbonyl (C=O) groups is 1. The number of methoxy groups -OCH3 is 1. The van der Waals surface area contributed by atoms with Crippen LogP contribution in [0.2, 0.25) is 0 Å². The van der Waals surface area contributed by atoms with E-state index in [1.807, 2.05) is 0 Å². The molecule has 0 saturated carbocycles. The highest BCUT2D eigenvalue weighted by molar-refractivity contribution is 5.92. The molecule has 94 valence electrons. The van der Waals surface area contributed by atoms with Crippen LogP contribution in [0.5, 0.6) is 11.5 Å². The summed E-state index contributed by atoms with van der Waals surface area (Å²) in [6.07, 6.45) is 2.92. The van der Waals surface area contributed by atoms with Crippen LogP contribution in [-0.2, 0) is 6.61 Å². The lowest BCUT2D eigenvalue weighted by Crippen LogP contribution is -2.04. The Balaban J connectivity index is 2.26. The maximum atomic E-state index is 11.1. The Labute approximate surface area is 103 Å². The summed E-state index contributed by atoms with van der Waals surface area (Å²) in [5, 5.41) is 12.6. The smallest absolute Gasteiger partial charge is 0.339 e. The molecule has 0 amide bonds. The van der Waals surface area contributed by atoms with Gasteiger partial charge in [-0.2, -0.15) is 0 Å². The van der Waals surface area contributed by atoms with Crippen LogP contribution in [0.1, 0.15) is 15.9 Å². The largest absolute Gasteiger partial charge is 0.493 e. The average Bonchev–Trinajstić information content (AvgIpc) is 2.88. The molecule has 18 heavy (non-hydrogen) atoms. The first-order chi connectivity index (χ1) is 8.72. The predicted octanol–water partition coefficient (Wildman–Crippen LogP) is 1.96. The summed E-state index contributed by atoms with van der Waals surface area (Å²) >= 11 is 0. The van der Waals surface area contributed by atoms with Gasteiger partial charge in [0, 0.05) is 5.56 Å². The molecule has 0 aliphatic rings. The van der Waals surface area contributed by atoms with Crippen molar-refractivity contribution in [3.8, 4) is 11.5 Å². The van der Waals surface area contributed by atoms with E-state index in [0.717, 1.165) is 0 Å². The Morgan fingerprint density at radius 2 is 2.33 bits per heavy atom. The van der Waals surface area contributed by atoms with Gasteiger partial charge in [0.15, 0.2) is 11.5 Å². The van der Waals surface area contributed by atoms with E-state index in [2.05, 4.69) is 9.68 Å². The zero-order valence-electron chi connectivity index (χ0n) is 9.62. The lowest BCUT2D eigenvalue weighted by molar-refractivity contribution is 0.0691. The SMILES string of the molecule is COc1cccc(C(=O)O)c1OCc1cnoc1. The predicted molar refractivity (Wildman–Crippen MR) is 60.8 cm³/mol. The lowest BCUT2D eigenvalue weighted by Gasteiger charge is -2.12. The van der Waals surface area contributed by atoms with Crippen LogP contribution in [0.3, 0.4) is 0 Å².